The fraction of sp³-hybridized carbons (Fsp3) is 0.600. The van der Waals surface area contributed by atoms with Crippen LogP contribution in [0.25, 0.3) is 0 Å². The van der Waals surface area contributed by atoms with Crippen LogP contribution in [0.2, 0.25) is 0 Å². The maximum atomic E-state index is 11.7. The van der Waals surface area contributed by atoms with Gasteiger partial charge in [0.15, 0.2) is 0 Å². The van der Waals surface area contributed by atoms with Crippen molar-refractivity contribution in [2.45, 2.75) is 24.5 Å². The second-order valence-electron chi connectivity index (χ2n) is 4.35. The van der Waals surface area contributed by atoms with Crippen molar-refractivity contribution in [1.29, 1.82) is 0 Å². The predicted molar refractivity (Wildman–Crippen MR) is 62.8 cm³/mol. The molecule has 1 fully saturated rings. The van der Waals surface area contributed by atoms with E-state index in [4.69, 9.17) is 21.1 Å². The Morgan fingerprint density at radius 2 is 1.95 bits per heavy atom. The van der Waals surface area contributed by atoms with Gasteiger partial charge in [-0.25, -0.2) is 0 Å². The number of carboxylic acids is 3. The Balaban J connectivity index is 3.00. The molecule has 0 aromatic carbocycles. The molecule has 0 saturated carbocycles. The molecule has 1 saturated heterocycles. The van der Waals surface area contributed by atoms with E-state index in [2.05, 4.69) is 5.32 Å². The largest absolute Gasteiger partial charge is 0.481 e. The third-order valence-electron chi connectivity index (χ3n) is 2.95. The summed E-state index contributed by atoms with van der Waals surface area (Å²) in [5.74, 6) is -4.63. The predicted octanol–water partition coefficient (Wildman–Crippen LogP) is -2.87. The molecule has 1 amide bonds. The van der Waals surface area contributed by atoms with E-state index in [9.17, 15) is 19.2 Å². The first-order valence-corrected chi connectivity index (χ1v) is 5.70. The SMILES string of the molecule is N[C@@H](CN1[C@@H](C(=O)O)CNC(=O)[C@H]1CC(=O)O)C(=O)O. The van der Waals surface area contributed by atoms with Gasteiger partial charge in [0.25, 0.3) is 0 Å². The van der Waals surface area contributed by atoms with Crippen molar-refractivity contribution in [1.82, 2.24) is 10.2 Å². The summed E-state index contributed by atoms with van der Waals surface area (Å²) < 4.78 is 0. The molecule has 1 rings (SSSR count). The summed E-state index contributed by atoms with van der Waals surface area (Å²) in [5, 5.41) is 28.9. The van der Waals surface area contributed by atoms with Gasteiger partial charge in [0.2, 0.25) is 5.91 Å². The van der Waals surface area contributed by atoms with E-state index in [1.807, 2.05) is 0 Å². The van der Waals surface area contributed by atoms with E-state index in [1.165, 1.54) is 0 Å². The summed E-state index contributed by atoms with van der Waals surface area (Å²) in [7, 11) is 0. The summed E-state index contributed by atoms with van der Waals surface area (Å²) in [6.07, 6.45) is -0.637. The minimum Gasteiger partial charge on any atom is -0.481 e. The van der Waals surface area contributed by atoms with Gasteiger partial charge in [-0.05, 0) is 0 Å². The number of carbonyl (C=O) groups excluding carboxylic acids is 1. The fourth-order valence-electron chi connectivity index (χ4n) is 1.96. The molecule has 0 radical (unpaired) electrons. The number of nitrogens with two attached hydrogens (primary N) is 1. The Morgan fingerprint density at radius 3 is 2.40 bits per heavy atom. The maximum absolute atomic E-state index is 11.7. The first kappa shape index (κ1) is 15.9. The van der Waals surface area contributed by atoms with Gasteiger partial charge in [-0.15, -0.1) is 0 Å². The molecule has 0 bridgehead atoms. The summed E-state index contributed by atoms with van der Waals surface area (Å²) >= 11 is 0. The van der Waals surface area contributed by atoms with Gasteiger partial charge in [-0.3, -0.25) is 24.1 Å². The van der Waals surface area contributed by atoms with Gasteiger partial charge in [0, 0.05) is 13.1 Å². The van der Waals surface area contributed by atoms with Crippen LogP contribution in [0.1, 0.15) is 6.42 Å². The third kappa shape index (κ3) is 3.65. The van der Waals surface area contributed by atoms with Gasteiger partial charge >= 0.3 is 17.9 Å². The lowest BCUT2D eigenvalue weighted by atomic mass is 10.0. The molecule has 10 heteroatoms. The molecule has 10 nitrogen and oxygen atoms in total. The summed E-state index contributed by atoms with van der Waals surface area (Å²) in [6, 6.07) is -3.91. The molecule has 0 aliphatic carbocycles. The van der Waals surface area contributed by atoms with E-state index in [1.54, 1.807) is 0 Å². The number of carbonyl (C=O) groups is 4. The topological polar surface area (TPSA) is 170 Å². The van der Waals surface area contributed by atoms with Crippen LogP contribution in [-0.4, -0.2) is 75.2 Å². The summed E-state index contributed by atoms with van der Waals surface area (Å²) in [6.45, 7) is -0.672. The first-order chi connectivity index (χ1) is 9.23. The van der Waals surface area contributed by atoms with Crippen molar-refractivity contribution >= 4 is 23.8 Å². The van der Waals surface area contributed by atoms with Crippen LogP contribution in [0.5, 0.6) is 0 Å². The van der Waals surface area contributed by atoms with Crippen molar-refractivity contribution in [2.75, 3.05) is 13.1 Å². The zero-order valence-corrected chi connectivity index (χ0v) is 10.4. The maximum Gasteiger partial charge on any atom is 0.322 e. The van der Waals surface area contributed by atoms with E-state index in [-0.39, 0.29) is 6.54 Å². The van der Waals surface area contributed by atoms with Crippen molar-refractivity contribution in [3.63, 3.8) is 0 Å². The van der Waals surface area contributed by atoms with Crippen molar-refractivity contribution in [3.05, 3.63) is 0 Å². The lowest BCUT2D eigenvalue weighted by Crippen LogP contribution is -2.65. The van der Waals surface area contributed by atoms with Crippen LogP contribution < -0.4 is 11.1 Å². The number of nitrogens with zero attached hydrogens (tertiary/aromatic N) is 1. The molecular formula is C10H15N3O7. The highest BCUT2D eigenvalue weighted by Crippen LogP contribution is 2.15. The van der Waals surface area contributed by atoms with E-state index >= 15 is 0 Å². The average Bonchev–Trinajstić information content (AvgIpc) is 2.32. The van der Waals surface area contributed by atoms with Crippen LogP contribution >= 0.6 is 0 Å². The minimum atomic E-state index is -1.42. The number of piperazine rings is 1. The Bertz CT molecular complexity index is 439. The molecule has 0 aromatic rings. The van der Waals surface area contributed by atoms with Gasteiger partial charge in [0.1, 0.15) is 18.1 Å². The van der Waals surface area contributed by atoms with Gasteiger partial charge in [-0.2, -0.15) is 0 Å². The number of amides is 1. The second-order valence-corrected chi connectivity index (χ2v) is 4.35. The molecule has 0 unspecified atom stereocenters. The third-order valence-corrected chi connectivity index (χ3v) is 2.95. The van der Waals surface area contributed by atoms with Gasteiger partial charge in [0.05, 0.1) is 6.42 Å². The molecule has 112 valence electrons. The molecule has 1 aliphatic heterocycles. The van der Waals surface area contributed by atoms with Crippen LogP contribution in [-0.2, 0) is 19.2 Å². The Kier molecular flexibility index (Phi) is 5.00. The number of aliphatic carboxylic acids is 3. The zero-order chi connectivity index (χ0) is 15.4. The normalized spacial score (nSPS) is 24.8. The number of hydrogen-bond donors (Lipinski definition) is 5. The van der Waals surface area contributed by atoms with E-state index < -0.39 is 54.9 Å². The molecule has 1 aliphatic rings. The van der Waals surface area contributed by atoms with Crippen LogP contribution in [0, 0.1) is 0 Å². The molecule has 3 atom stereocenters. The number of hydrogen-bond acceptors (Lipinski definition) is 6. The standard InChI is InChI=1S/C10H15N3O7/c11-4(9(17)18)3-13-5(1-7(14)15)8(16)12-2-6(13)10(19)20/h4-6H,1-3,11H2,(H,12,16)(H,14,15)(H,17,18)(H,19,20)/t4-,5+,6+/m0/s1. The number of carboxylic acid groups (broad SMARTS) is 3. The average molecular weight is 289 g/mol. The summed E-state index contributed by atoms with van der Waals surface area (Å²) in [4.78, 5) is 45.3. The highest BCUT2D eigenvalue weighted by Gasteiger charge is 2.42. The van der Waals surface area contributed by atoms with Gasteiger partial charge < -0.3 is 26.4 Å². The molecular weight excluding hydrogens is 274 g/mol. The van der Waals surface area contributed by atoms with Crippen molar-refractivity contribution in [3.8, 4) is 0 Å². The fourth-order valence-corrected chi connectivity index (χ4v) is 1.96. The molecule has 20 heavy (non-hydrogen) atoms. The second kappa shape index (κ2) is 6.30. The molecule has 1 heterocycles. The van der Waals surface area contributed by atoms with Crippen molar-refractivity contribution < 1.29 is 34.5 Å². The Hall–Kier alpha value is -2.20. The smallest absolute Gasteiger partial charge is 0.322 e. The number of rotatable bonds is 6. The van der Waals surface area contributed by atoms with Gasteiger partial charge in [-0.1, -0.05) is 0 Å². The Labute approximate surface area is 113 Å². The van der Waals surface area contributed by atoms with Crippen molar-refractivity contribution in [2.24, 2.45) is 5.73 Å². The monoisotopic (exact) mass is 289 g/mol. The van der Waals surface area contributed by atoms with E-state index in [0.29, 0.717) is 0 Å². The number of nitrogens with one attached hydrogen (secondary N) is 1. The minimum absolute atomic E-state index is 0.239. The highest BCUT2D eigenvalue weighted by molar-refractivity contribution is 5.89. The summed E-state index contributed by atoms with van der Waals surface area (Å²) in [5.41, 5.74) is 5.33. The Morgan fingerprint density at radius 1 is 1.35 bits per heavy atom. The lowest BCUT2D eigenvalue weighted by molar-refractivity contribution is -0.154. The first-order valence-electron chi connectivity index (χ1n) is 5.70. The highest BCUT2D eigenvalue weighted by atomic mass is 16.4. The van der Waals surface area contributed by atoms with Crippen LogP contribution in [0.3, 0.4) is 0 Å². The zero-order valence-electron chi connectivity index (χ0n) is 10.4. The molecule has 0 spiro atoms. The van der Waals surface area contributed by atoms with E-state index in [0.717, 1.165) is 4.90 Å². The molecule has 0 aromatic heterocycles. The van der Waals surface area contributed by atoms with Crippen LogP contribution in [0.4, 0.5) is 0 Å². The molecule has 6 N–H and O–H groups in total. The lowest BCUT2D eigenvalue weighted by Gasteiger charge is -2.39. The quantitative estimate of drug-likeness (QED) is 0.344. The van der Waals surface area contributed by atoms with Crippen LogP contribution in [0.15, 0.2) is 0 Å².